The van der Waals surface area contributed by atoms with Gasteiger partial charge < -0.3 is 14.6 Å². The van der Waals surface area contributed by atoms with E-state index >= 15 is 0 Å². The van der Waals surface area contributed by atoms with Crippen LogP contribution in [0.5, 0.6) is 5.75 Å². The summed E-state index contributed by atoms with van der Waals surface area (Å²) in [6.07, 6.45) is 1.51. The van der Waals surface area contributed by atoms with Gasteiger partial charge in [0, 0.05) is 12.2 Å². The minimum absolute atomic E-state index is 0.0404. The van der Waals surface area contributed by atoms with Crippen molar-refractivity contribution in [3.8, 4) is 5.75 Å². The van der Waals surface area contributed by atoms with Gasteiger partial charge in [-0.1, -0.05) is 62.0 Å². The molecular weight excluding hydrogens is 408 g/mol. The average Bonchev–Trinajstić information content (AvgIpc) is 3.21. The molecule has 1 aromatic heterocycles. The Bertz CT molecular complexity index is 982. The number of anilines is 1. The van der Waals surface area contributed by atoms with Gasteiger partial charge in [-0.15, -0.1) is 10.2 Å². The van der Waals surface area contributed by atoms with Crippen molar-refractivity contribution in [3.63, 3.8) is 0 Å². The molecule has 164 valence electrons. The minimum Gasteiger partial charge on any atom is -0.483 e. The van der Waals surface area contributed by atoms with Crippen LogP contribution in [0, 0.1) is 0 Å². The third-order valence-corrected chi connectivity index (χ3v) is 6.04. The highest BCUT2D eigenvalue weighted by atomic mass is 32.2. The second kappa shape index (κ2) is 11.0. The Kier molecular flexibility index (Phi) is 8.12. The van der Waals surface area contributed by atoms with E-state index in [1.807, 2.05) is 54.8 Å². The van der Waals surface area contributed by atoms with Gasteiger partial charge in [0.1, 0.15) is 5.75 Å². The summed E-state index contributed by atoms with van der Waals surface area (Å²) < 4.78 is 8.00. The van der Waals surface area contributed by atoms with Crippen molar-refractivity contribution in [2.45, 2.75) is 58.3 Å². The average molecular weight is 439 g/mol. The smallest absolute Gasteiger partial charge is 0.234 e. The van der Waals surface area contributed by atoms with Gasteiger partial charge in [-0.3, -0.25) is 4.79 Å². The van der Waals surface area contributed by atoms with Gasteiger partial charge in [0.05, 0.1) is 5.75 Å². The Morgan fingerprint density at radius 1 is 1.03 bits per heavy atom. The molecule has 1 amide bonds. The molecule has 3 rings (SSSR count). The number of rotatable bonds is 10. The van der Waals surface area contributed by atoms with Crippen LogP contribution in [0.3, 0.4) is 0 Å². The molecule has 1 heterocycles. The number of hydrogen-bond donors (Lipinski definition) is 1. The van der Waals surface area contributed by atoms with E-state index in [4.69, 9.17) is 4.74 Å². The second-order valence-electron chi connectivity index (χ2n) is 7.15. The number of para-hydroxylation sites is 2. The Balaban J connectivity index is 1.66. The monoisotopic (exact) mass is 438 g/mol. The number of aryl methyl sites for hydroxylation is 2. The lowest BCUT2D eigenvalue weighted by molar-refractivity contribution is -0.113. The molecule has 7 heteroatoms. The molecule has 1 atom stereocenters. The highest BCUT2D eigenvalue weighted by Crippen LogP contribution is 2.26. The van der Waals surface area contributed by atoms with E-state index in [1.165, 1.54) is 11.8 Å². The van der Waals surface area contributed by atoms with Crippen LogP contribution in [0.4, 0.5) is 5.69 Å². The van der Waals surface area contributed by atoms with E-state index in [1.54, 1.807) is 0 Å². The number of nitrogens with zero attached hydrogens (tertiary/aromatic N) is 3. The molecule has 0 aliphatic rings. The van der Waals surface area contributed by atoms with Crippen molar-refractivity contribution < 1.29 is 9.53 Å². The van der Waals surface area contributed by atoms with Gasteiger partial charge in [0.15, 0.2) is 17.1 Å². The fourth-order valence-corrected chi connectivity index (χ4v) is 4.28. The Morgan fingerprint density at radius 2 is 1.71 bits per heavy atom. The van der Waals surface area contributed by atoms with Gasteiger partial charge in [-0.2, -0.15) is 0 Å². The molecule has 0 radical (unpaired) electrons. The molecule has 0 fully saturated rings. The number of carbonyl (C=O) groups excluding carboxylic acids is 1. The highest BCUT2D eigenvalue weighted by molar-refractivity contribution is 7.99. The number of thioether (sulfide) groups is 1. The number of ether oxygens (including phenoxy) is 1. The number of hydrogen-bond acceptors (Lipinski definition) is 5. The lowest BCUT2D eigenvalue weighted by Crippen LogP contribution is -2.17. The molecule has 1 N–H and O–H groups in total. The molecule has 0 aliphatic heterocycles. The lowest BCUT2D eigenvalue weighted by Gasteiger charge is -2.16. The Morgan fingerprint density at radius 3 is 2.32 bits per heavy atom. The first-order valence-corrected chi connectivity index (χ1v) is 11.7. The third-order valence-electron chi connectivity index (χ3n) is 5.08. The summed E-state index contributed by atoms with van der Waals surface area (Å²) >= 11 is 1.39. The summed E-state index contributed by atoms with van der Waals surface area (Å²) in [6, 6.07) is 15.8. The summed E-state index contributed by atoms with van der Waals surface area (Å²) in [7, 11) is 0. The van der Waals surface area contributed by atoms with E-state index in [-0.39, 0.29) is 17.8 Å². The van der Waals surface area contributed by atoms with Crippen LogP contribution < -0.4 is 10.1 Å². The fourth-order valence-electron chi connectivity index (χ4n) is 3.47. The number of nitrogens with one attached hydrogen (secondary N) is 1. The lowest BCUT2D eigenvalue weighted by atomic mass is 10.0. The van der Waals surface area contributed by atoms with E-state index in [9.17, 15) is 4.79 Å². The maximum absolute atomic E-state index is 12.7. The zero-order valence-corrected chi connectivity index (χ0v) is 19.4. The molecule has 0 bridgehead atoms. The Labute approximate surface area is 188 Å². The van der Waals surface area contributed by atoms with Crippen LogP contribution in [0.2, 0.25) is 0 Å². The fraction of sp³-hybridized carbons (Fsp3) is 0.375. The summed E-state index contributed by atoms with van der Waals surface area (Å²) in [5, 5.41) is 12.5. The molecule has 6 nitrogen and oxygen atoms in total. The Hall–Kier alpha value is -2.80. The zero-order valence-electron chi connectivity index (χ0n) is 18.6. The number of amides is 1. The summed E-state index contributed by atoms with van der Waals surface area (Å²) in [6.45, 7) is 8.90. The largest absolute Gasteiger partial charge is 0.483 e. The number of aromatic nitrogens is 3. The first-order chi connectivity index (χ1) is 15.1. The van der Waals surface area contributed by atoms with E-state index in [2.05, 4.69) is 41.5 Å². The van der Waals surface area contributed by atoms with E-state index in [0.717, 1.165) is 46.4 Å². The molecule has 0 spiro atoms. The second-order valence-corrected chi connectivity index (χ2v) is 8.10. The molecular formula is C24H30N4O2S. The standard InChI is InChI=1S/C24H30N4O2S/c1-5-18-12-11-13-19(6-2)22(18)25-21(29)16-31-24-27-26-23(28(24)7-3)17(4)30-20-14-9-8-10-15-20/h8-15,17H,5-7,16H2,1-4H3,(H,25,29). The predicted octanol–water partition coefficient (Wildman–Crippen LogP) is 5.29. The number of carbonyl (C=O) groups is 1. The van der Waals surface area contributed by atoms with Crippen molar-refractivity contribution in [1.29, 1.82) is 0 Å². The van der Waals surface area contributed by atoms with Crippen molar-refractivity contribution in [2.75, 3.05) is 11.1 Å². The molecule has 0 aliphatic carbocycles. The van der Waals surface area contributed by atoms with E-state index in [0.29, 0.717) is 6.54 Å². The first kappa shape index (κ1) is 22.9. The summed E-state index contributed by atoms with van der Waals surface area (Å²) in [4.78, 5) is 12.7. The maximum atomic E-state index is 12.7. The first-order valence-electron chi connectivity index (χ1n) is 10.8. The maximum Gasteiger partial charge on any atom is 0.234 e. The minimum atomic E-state index is -0.249. The van der Waals surface area contributed by atoms with Gasteiger partial charge in [-0.05, 0) is 49.9 Å². The van der Waals surface area contributed by atoms with Gasteiger partial charge in [-0.25, -0.2) is 0 Å². The van der Waals surface area contributed by atoms with Crippen LogP contribution in [0.15, 0.2) is 53.7 Å². The zero-order chi connectivity index (χ0) is 22.2. The van der Waals surface area contributed by atoms with E-state index < -0.39 is 0 Å². The van der Waals surface area contributed by atoms with Crippen LogP contribution in [-0.2, 0) is 24.2 Å². The van der Waals surface area contributed by atoms with Crippen LogP contribution in [0.1, 0.15) is 50.8 Å². The number of benzene rings is 2. The molecule has 1 unspecified atom stereocenters. The van der Waals surface area contributed by atoms with Crippen molar-refractivity contribution >= 4 is 23.4 Å². The molecule has 2 aromatic carbocycles. The van der Waals surface area contributed by atoms with Crippen LogP contribution >= 0.6 is 11.8 Å². The summed E-state index contributed by atoms with van der Waals surface area (Å²) in [5.41, 5.74) is 3.26. The van der Waals surface area contributed by atoms with Crippen molar-refractivity contribution in [3.05, 3.63) is 65.5 Å². The van der Waals surface area contributed by atoms with Gasteiger partial charge in [0.25, 0.3) is 0 Å². The molecule has 3 aromatic rings. The highest BCUT2D eigenvalue weighted by Gasteiger charge is 2.20. The van der Waals surface area contributed by atoms with Crippen molar-refractivity contribution in [1.82, 2.24) is 14.8 Å². The molecule has 0 saturated carbocycles. The summed E-state index contributed by atoms with van der Waals surface area (Å²) in [5.74, 6) is 1.77. The normalized spacial score (nSPS) is 11.9. The molecule has 0 saturated heterocycles. The van der Waals surface area contributed by atoms with Crippen LogP contribution in [-0.4, -0.2) is 26.4 Å². The predicted molar refractivity (Wildman–Crippen MR) is 126 cm³/mol. The molecule has 31 heavy (non-hydrogen) atoms. The van der Waals surface area contributed by atoms with Gasteiger partial charge >= 0.3 is 0 Å². The van der Waals surface area contributed by atoms with Crippen LogP contribution in [0.25, 0.3) is 0 Å². The topological polar surface area (TPSA) is 69.0 Å². The quantitative estimate of drug-likeness (QED) is 0.435. The van der Waals surface area contributed by atoms with Gasteiger partial charge in [0.2, 0.25) is 5.91 Å². The SMILES string of the molecule is CCc1cccc(CC)c1NC(=O)CSc1nnc(C(C)Oc2ccccc2)n1CC. The van der Waals surface area contributed by atoms with Crippen molar-refractivity contribution in [2.24, 2.45) is 0 Å². The third kappa shape index (κ3) is 5.67.